The molecule has 1 aliphatic heterocycles. The van der Waals surface area contributed by atoms with Gasteiger partial charge < -0.3 is 19.5 Å². The van der Waals surface area contributed by atoms with Crippen molar-refractivity contribution in [3.8, 4) is 5.75 Å². The van der Waals surface area contributed by atoms with E-state index >= 15 is 0 Å². The number of hydrogen-bond donors (Lipinski definition) is 1. The summed E-state index contributed by atoms with van der Waals surface area (Å²) in [7, 11) is 1.32. The Labute approximate surface area is 244 Å². The molecular formula is C32H45N3O6. The van der Waals surface area contributed by atoms with Gasteiger partial charge >= 0.3 is 12.1 Å². The first-order valence-corrected chi connectivity index (χ1v) is 14.3. The monoisotopic (exact) mass is 567 g/mol. The van der Waals surface area contributed by atoms with Crippen molar-refractivity contribution < 1.29 is 28.6 Å². The molecule has 9 nitrogen and oxygen atoms in total. The van der Waals surface area contributed by atoms with E-state index < -0.39 is 29.8 Å². The molecule has 0 saturated carbocycles. The maximum atomic E-state index is 13.7. The number of rotatable bonds is 10. The van der Waals surface area contributed by atoms with Gasteiger partial charge in [-0.15, -0.1) is 0 Å². The van der Waals surface area contributed by atoms with Crippen LogP contribution in [0.5, 0.6) is 5.75 Å². The second-order valence-corrected chi connectivity index (χ2v) is 11.8. The first-order chi connectivity index (χ1) is 19.3. The molecule has 1 heterocycles. The van der Waals surface area contributed by atoms with E-state index in [-0.39, 0.29) is 5.91 Å². The van der Waals surface area contributed by atoms with Gasteiger partial charge in [0.25, 0.3) is 0 Å². The molecule has 41 heavy (non-hydrogen) atoms. The van der Waals surface area contributed by atoms with Crippen molar-refractivity contribution in [3.05, 3.63) is 65.2 Å². The highest BCUT2D eigenvalue weighted by Crippen LogP contribution is 2.35. The number of nitrogens with zero attached hydrogens (tertiary/aromatic N) is 2. The van der Waals surface area contributed by atoms with Gasteiger partial charge in [0.15, 0.2) is 0 Å². The topological polar surface area (TPSA) is 97.4 Å². The zero-order valence-corrected chi connectivity index (χ0v) is 25.6. The fourth-order valence-corrected chi connectivity index (χ4v) is 5.12. The fourth-order valence-electron chi connectivity index (χ4n) is 5.12. The third-order valence-electron chi connectivity index (χ3n) is 6.99. The summed E-state index contributed by atoms with van der Waals surface area (Å²) in [6, 6.07) is 14.3. The van der Waals surface area contributed by atoms with Crippen LogP contribution in [-0.4, -0.2) is 72.2 Å². The van der Waals surface area contributed by atoms with Gasteiger partial charge in [-0.05, 0) is 78.1 Å². The van der Waals surface area contributed by atoms with Crippen molar-refractivity contribution in [3.63, 3.8) is 0 Å². The minimum Gasteiger partial charge on any atom is -0.474 e. The van der Waals surface area contributed by atoms with Crippen LogP contribution in [0.15, 0.2) is 48.5 Å². The Hall–Kier alpha value is -3.59. The summed E-state index contributed by atoms with van der Waals surface area (Å²) in [6.07, 6.45) is -0.979. The molecule has 224 valence electrons. The number of methoxy groups -OCH3 is 1. The van der Waals surface area contributed by atoms with Crippen molar-refractivity contribution in [2.24, 2.45) is 0 Å². The first-order valence-electron chi connectivity index (χ1n) is 14.3. The van der Waals surface area contributed by atoms with Gasteiger partial charge in [-0.25, -0.2) is 9.59 Å². The number of nitrogens with one attached hydrogen (secondary N) is 1. The van der Waals surface area contributed by atoms with Crippen LogP contribution in [0.3, 0.4) is 0 Å². The summed E-state index contributed by atoms with van der Waals surface area (Å²) in [4.78, 5) is 43.2. The molecule has 2 atom stereocenters. The van der Waals surface area contributed by atoms with Gasteiger partial charge in [0.1, 0.15) is 17.4 Å². The van der Waals surface area contributed by atoms with Gasteiger partial charge in [-0.3, -0.25) is 14.6 Å². The van der Waals surface area contributed by atoms with Gasteiger partial charge in [-0.1, -0.05) is 36.4 Å². The highest BCUT2D eigenvalue weighted by Gasteiger charge is 2.38. The van der Waals surface area contributed by atoms with Crippen molar-refractivity contribution >= 4 is 18.0 Å². The van der Waals surface area contributed by atoms with Crippen molar-refractivity contribution in [1.29, 1.82) is 0 Å². The molecule has 0 fully saturated rings. The third-order valence-corrected chi connectivity index (χ3v) is 6.99. The fraction of sp³-hybridized carbons (Fsp3) is 0.531. The summed E-state index contributed by atoms with van der Waals surface area (Å²) >= 11 is 0. The number of esters is 1. The standard InChI is InChI=1S/C32H45N3O6/c1-21(2)34(22(3)4)19-17-33-29(36)27-26-15-14-25(40-28(30(37)39-8)23-12-10-9-11-13-23)20-24(26)16-18-35(27)31(38)41-32(5,6)7/h9-15,20-22,27-28H,16-19H2,1-8H3,(H,33,36)/t27?,28-/m0/s1. The van der Waals surface area contributed by atoms with E-state index in [0.29, 0.717) is 55.0 Å². The van der Waals surface area contributed by atoms with Crippen molar-refractivity contribution in [2.45, 2.75) is 84.7 Å². The Balaban J connectivity index is 1.89. The van der Waals surface area contributed by atoms with Crippen LogP contribution in [0.2, 0.25) is 0 Å². The molecule has 3 rings (SSSR count). The highest BCUT2D eigenvalue weighted by atomic mass is 16.6. The lowest BCUT2D eigenvalue weighted by Gasteiger charge is -2.37. The molecule has 2 aromatic carbocycles. The maximum Gasteiger partial charge on any atom is 0.411 e. The van der Waals surface area contributed by atoms with Gasteiger partial charge in [0.2, 0.25) is 12.0 Å². The van der Waals surface area contributed by atoms with E-state index in [1.54, 1.807) is 45.0 Å². The number of fused-ring (bicyclic) bond motifs is 1. The van der Waals surface area contributed by atoms with Crippen LogP contribution in [0.1, 0.15) is 77.3 Å². The van der Waals surface area contributed by atoms with E-state index in [1.165, 1.54) is 12.0 Å². The number of carbonyl (C=O) groups excluding carboxylic acids is 3. The Bertz CT molecular complexity index is 1180. The van der Waals surface area contributed by atoms with Crippen molar-refractivity contribution in [2.75, 3.05) is 26.7 Å². The summed E-state index contributed by atoms with van der Waals surface area (Å²) in [5.74, 6) is -0.314. The minimum atomic E-state index is -0.940. The lowest BCUT2D eigenvalue weighted by atomic mass is 9.92. The minimum absolute atomic E-state index is 0.269. The zero-order chi connectivity index (χ0) is 30.3. The average molecular weight is 568 g/mol. The number of amides is 2. The average Bonchev–Trinajstić information content (AvgIpc) is 2.91. The molecule has 1 aliphatic rings. The smallest absolute Gasteiger partial charge is 0.411 e. The van der Waals surface area contributed by atoms with Gasteiger partial charge in [0, 0.05) is 37.3 Å². The predicted molar refractivity (Wildman–Crippen MR) is 158 cm³/mol. The van der Waals surface area contributed by atoms with E-state index in [0.717, 1.165) is 5.56 Å². The molecule has 2 amide bonds. The Morgan fingerprint density at radius 3 is 2.27 bits per heavy atom. The third kappa shape index (κ3) is 8.45. The number of benzene rings is 2. The summed E-state index contributed by atoms with van der Waals surface area (Å²) < 4.78 is 16.8. The second-order valence-electron chi connectivity index (χ2n) is 11.8. The summed E-state index contributed by atoms with van der Waals surface area (Å²) in [5.41, 5.74) is 1.53. The van der Waals surface area contributed by atoms with Crippen LogP contribution in [0.4, 0.5) is 4.79 Å². The van der Waals surface area contributed by atoms with Gasteiger partial charge in [0.05, 0.1) is 7.11 Å². The number of hydrogen-bond acceptors (Lipinski definition) is 7. The molecule has 0 aromatic heterocycles. The SMILES string of the molecule is COC(=O)[C@@H](Oc1ccc2c(c1)CCN(C(=O)OC(C)(C)C)C2C(=O)NCCN(C(C)C)C(C)C)c1ccccc1. The molecular weight excluding hydrogens is 522 g/mol. The molecule has 1 N–H and O–H groups in total. The van der Waals surface area contributed by atoms with Crippen LogP contribution in [0, 0.1) is 0 Å². The number of ether oxygens (including phenoxy) is 3. The molecule has 0 radical (unpaired) electrons. The summed E-state index contributed by atoms with van der Waals surface area (Å²) in [6.45, 7) is 15.4. The molecule has 1 unspecified atom stereocenters. The molecule has 2 aromatic rings. The lowest BCUT2D eigenvalue weighted by Crippen LogP contribution is -2.50. The lowest BCUT2D eigenvalue weighted by molar-refractivity contribution is -0.149. The van der Waals surface area contributed by atoms with Crippen LogP contribution >= 0.6 is 0 Å². The molecule has 9 heteroatoms. The van der Waals surface area contributed by atoms with E-state index in [9.17, 15) is 14.4 Å². The predicted octanol–water partition coefficient (Wildman–Crippen LogP) is 5.05. The molecule has 0 bridgehead atoms. The highest BCUT2D eigenvalue weighted by molar-refractivity contribution is 5.88. The van der Waals surface area contributed by atoms with Gasteiger partial charge in [-0.2, -0.15) is 0 Å². The van der Waals surface area contributed by atoms with E-state index in [4.69, 9.17) is 14.2 Å². The summed E-state index contributed by atoms with van der Waals surface area (Å²) in [5, 5.41) is 3.05. The zero-order valence-electron chi connectivity index (χ0n) is 25.6. The maximum absolute atomic E-state index is 13.7. The second kappa shape index (κ2) is 13.9. The molecule has 0 aliphatic carbocycles. The normalized spacial score (nSPS) is 15.9. The van der Waals surface area contributed by atoms with E-state index in [2.05, 4.69) is 37.9 Å². The van der Waals surface area contributed by atoms with Crippen LogP contribution in [-0.2, 0) is 25.5 Å². The Morgan fingerprint density at radius 1 is 1.02 bits per heavy atom. The van der Waals surface area contributed by atoms with Crippen LogP contribution in [0.25, 0.3) is 0 Å². The first kappa shape index (κ1) is 31.9. The molecule has 0 spiro atoms. The van der Waals surface area contributed by atoms with Crippen LogP contribution < -0.4 is 10.1 Å². The number of carbonyl (C=O) groups is 3. The van der Waals surface area contributed by atoms with Crippen molar-refractivity contribution in [1.82, 2.24) is 15.1 Å². The largest absolute Gasteiger partial charge is 0.474 e. The van der Waals surface area contributed by atoms with E-state index in [1.807, 2.05) is 24.3 Å². The quantitative estimate of drug-likeness (QED) is 0.401. The molecule has 0 saturated heterocycles. The Morgan fingerprint density at radius 2 is 1.68 bits per heavy atom. The Kier molecular flexibility index (Phi) is 10.8.